The Morgan fingerprint density at radius 1 is 0.708 bits per heavy atom. The largest absolute Gasteiger partial charge is 0.497 e. The summed E-state index contributed by atoms with van der Waals surface area (Å²) >= 11 is 0. The lowest BCUT2D eigenvalue weighted by atomic mass is 10.3. The Hall–Kier alpha value is -3.02. The van der Waals surface area contributed by atoms with Crippen LogP contribution in [0.3, 0.4) is 0 Å². The Labute approximate surface area is 139 Å². The molecule has 0 bridgehead atoms. The van der Waals surface area contributed by atoms with Crippen LogP contribution < -0.4 is 18.9 Å². The first-order valence-corrected chi connectivity index (χ1v) is 7.30. The van der Waals surface area contributed by atoms with Crippen LogP contribution in [-0.4, -0.2) is 26.2 Å². The van der Waals surface area contributed by atoms with Gasteiger partial charge in [0.1, 0.15) is 23.0 Å². The van der Waals surface area contributed by atoms with Gasteiger partial charge in [0.15, 0.2) is 0 Å². The quantitative estimate of drug-likeness (QED) is 0.574. The molecule has 0 spiro atoms. The van der Waals surface area contributed by atoms with Crippen molar-refractivity contribution in [1.29, 1.82) is 0 Å². The van der Waals surface area contributed by atoms with Crippen LogP contribution in [0.2, 0.25) is 0 Å². The first-order valence-electron chi connectivity index (χ1n) is 7.30. The van der Waals surface area contributed by atoms with Gasteiger partial charge in [-0.1, -0.05) is 12.1 Å². The van der Waals surface area contributed by atoms with Crippen molar-refractivity contribution in [3.63, 3.8) is 0 Å². The molecule has 0 atom stereocenters. The third-order valence-electron chi connectivity index (χ3n) is 3.08. The normalized spacial score (nSPS) is 9.92. The van der Waals surface area contributed by atoms with E-state index in [4.69, 9.17) is 18.9 Å². The maximum Gasteiger partial charge on any atom is 0.311 e. The summed E-state index contributed by atoms with van der Waals surface area (Å²) < 4.78 is 20.4. The number of methoxy groups -OCH3 is 2. The molecule has 126 valence electrons. The molecule has 0 radical (unpaired) electrons. The highest BCUT2D eigenvalue weighted by atomic mass is 16.5. The summed E-state index contributed by atoms with van der Waals surface area (Å²) in [4.78, 5) is 23.6. The van der Waals surface area contributed by atoms with E-state index in [1.54, 1.807) is 48.5 Å². The molecule has 2 rings (SSSR count). The van der Waals surface area contributed by atoms with Crippen molar-refractivity contribution in [3.8, 4) is 23.0 Å². The third kappa shape index (κ3) is 5.31. The standard InChI is InChI=1S/C18H18O6/c1-21-13-5-3-7-15(11-13)23-17(19)9-10-18(20)24-16-8-4-6-14(12-16)22-2/h3-8,11-12H,9-10H2,1-2H3. The molecule has 0 saturated carbocycles. The van der Waals surface area contributed by atoms with E-state index in [0.29, 0.717) is 23.0 Å². The average Bonchev–Trinajstić information content (AvgIpc) is 2.60. The van der Waals surface area contributed by atoms with Crippen LogP contribution in [0.1, 0.15) is 12.8 Å². The fourth-order valence-corrected chi connectivity index (χ4v) is 1.90. The molecule has 0 aromatic heterocycles. The van der Waals surface area contributed by atoms with Gasteiger partial charge in [0.05, 0.1) is 27.1 Å². The lowest BCUT2D eigenvalue weighted by Crippen LogP contribution is -2.14. The number of carbonyl (C=O) groups excluding carboxylic acids is 2. The SMILES string of the molecule is COc1cccc(OC(=O)CCC(=O)Oc2cccc(OC)c2)c1. The van der Waals surface area contributed by atoms with Gasteiger partial charge in [0.25, 0.3) is 0 Å². The average molecular weight is 330 g/mol. The van der Waals surface area contributed by atoms with Crippen molar-refractivity contribution in [2.24, 2.45) is 0 Å². The van der Waals surface area contributed by atoms with E-state index in [9.17, 15) is 9.59 Å². The summed E-state index contributed by atoms with van der Waals surface area (Å²) in [5, 5.41) is 0. The Morgan fingerprint density at radius 2 is 1.08 bits per heavy atom. The Balaban J connectivity index is 1.81. The zero-order chi connectivity index (χ0) is 17.4. The smallest absolute Gasteiger partial charge is 0.311 e. The van der Waals surface area contributed by atoms with Gasteiger partial charge in [0, 0.05) is 12.1 Å². The van der Waals surface area contributed by atoms with Gasteiger partial charge in [0.2, 0.25) is 0 Å². The number of esters is 2. The minimum absolute atomic E-state index is 0.0833. The summed E-state index contributed by atoms with van der Waals surface area (Å²) in [5.74, 6) is 0.841. The summed E-state index contributed by atoms with van der Waals surface area (Å²) in [6, 6.07) is 13.3. The van der Waals surface area contributed by atoms with E-state index in [1.165, 1.54) is 14.2 Å². The minimum atomic E-state index is -0.522. The van der Waals surface area contributed by atoms with E-state index in [0.717, 1.165) is 0 Å². The molecule has 6 nitrogen and oxygen atoms in total. The van der Waals surface area contributed by atoms with Crippen molar-refractivity contribution in [1.82, 2.24) is 0 Å². The number of hydrogen-bond donors (Lipinski definition) is 0. The van der Waals surface area contributed by atoms with Crippen molar-refractivity contribution in [2.45, 2.75) is 12.8 Å². The van der Waals surface area contributed by atoms with Crippen LogP contribution in [0.15, 0.2) is 48.5 Å². The molecule has 0 amide bonds. The fourth-order valence-electron chi connectivity index (χ4n) is 1.90. The van der Waals surface area contributed by atoms with Crippen LogP contribution in [0.4, 0.5) is 0 Å². The third-order valence-corrected chi connectivity index (χ3v) is 3.08. The molecule has 0 saturated heterocycles. The van der Waals surface area contributed by atoms with Crippen molar-refractivity contribution >= 4 is 11.9 Å². The van der Waals surface area contributed by atoms with Crippen LogP contribution >= 0.6 is 0 Å². The second-order valence-electron chi connectivity index (χ2n) is 4.81. The highest BCUT2D eigenvalue weighted by Gasteiger charge is 2.12. The van der Waals surface area contributed by atoms with Crippen LogP contribution in [-0.2, 0) is 9.59 Å². The lowest BCUT2D eigenvalue weighted by molar-refractivity contribution is -0.140. The number of benzene rings is 2. The van der Waals surface area contributed by atoms with E-state index in [2.05, 4.69) is 0 Å². The highest BCUT2D eigenvalue weighted by molar-refractivity contribution is 5.80. The molecule has 0 aliphatic heterocycles. The first kappa shape index (κ1) is 17.3. The zero-order valence-electron chi connectivity index (χ0n) is 13.5. The van der Waals surface area contributed by atoms with Crippen molar-refractivity contribution < 1.29 is 28.5 Å². The van der Waals surface area contributed by atoms with E-state index in [1.807, 2.05) is 0 Å². The van der Waals surface area contributed by atoms with Gasteiger partial charge in [-0.2, -0.15) is 0 Å². The van der Waals surface area contributed by atoms with Crippen LogP contribution in [0.25, 0.3) is 0 Å². The molecule has 0 heterocycles. The number of hydrogen-bond acceptors (Lipinski definition) is 6. The summed E-state index contributed by atoms with van der Waals surface area (Å²) in [7, 11) is 3.05. The molecule has 0 unspecified atom stereocenters. The highest BCUT2D eigenvalue weighted by Crippen LogP contribution is 2.20. The Bertz CT molecular complexity index is 649. The van der Waals surface area contributed by atoms with Crippen molar-refractivity contribution in [2.75, 3.05) is 14.2 Å². The number of ether oxygens (including phenoxy) is 4. The first-order chi connectivity index (χ1) is 11.6. The molecule has 0 N–H and O–H groups in total. The minimum Gasteiger partial charge on any atom is -0.497 e. The zero-order valence-corrected chi connectivity index (χ0v) is 13.5. The fraction of sp³-hybridized carbons (Fsp3) is 0.222. The van der Waals surface area contributed by atoms with Crippen LogP contribution in [0.5, 0.6) is 23.0 Å². The van der Waals surface area contributed by atoms with Crippen molar-refractivity contribution in [3.05, 3.63) is 48.5 Å². The number of rotatable bonds is 7. The topological polar surface area (TPSA) is 71.1 Å². The summed E-state index contributed by atoms with van der Waals surface area (Å²) in [5.41, 5.74) is 0. The molecule has 6 heteroatoms. The summed E-state index contributed by atoms with van der Waals surface area (Å²) in [6.45, 7) is 0. The van der Waals surface area contributed by atoms with Gasteiger partial charge in [-0.3, -0.25) is 9.59 Å². The second kappa shape index (κ2) is 8.57. The Kier molecular flexibility index (Phi) is 6.19. The second-order valence-corrected chi connectivity index (χ2v) is 4.81. The van der Waals surface area contributed by atoms with Crippen LogP contribution in [0, 0.1) is 0 Å². The van der Waals surface area contributed by atoms with Gasteiger partial charge in [-0.15, -0.1) is 0 Å². The molecular formula is C18H18O6. The predicted molar refractivity (Wildman–Crippen MR) is 86.5 cm³/mol. The molecule has 0 aliphatic carbocycles. The van der Waals surface area contributed by atoms with Gasteiger partial charge in [-0.25, -0.2) is 0 Å². The molecular weight excluding hydrogens is 312 g/mol. The summed E-state index contributed by atoms with van der Waals surface area (Å²) in [6.07, 6.45) is -0.167. The molecule has 2 aromatic carbocycles. The molecule has 2 aromatic rings. The van der Waals surface area contributed by atoms with Gasteiger partial charge in [-0.05, 0) is 24.3 Å². The molecule has 24 heavy (non-hydrogen) atoms. The molecule has 0 fully saturated rings. The lowest BCUT2D eigenvalue weighted by Gasteiger charge is -2.07. The number of carbonyl (C=O) groups is 2. The van der Waals surface area contributed by atoms with Gasteiger partial charge >= 0.3 is 11.9 Å². The molecule has 0 aliphatic rings. The monoisotopic (exact) mass is 330 g/mol. The maximum absolute atomic E-state index is 11.8. The van der Waals surface area contributed by atoms with Gasteiger partial charge < -0.3 is 18.9 Å². The predicted octanol–water partition coefficient (Wildman–Crippen LogP) is 3.00. The maximum atomic E-state index is 11.8. The van der Waals surface area contributed by atoms with E-state index in [-0.39, 0.29) is 12.8 Å². The van der Waals surface area contributed by atoms with E-state index >= 15 is 0 Å². The van der Waals surface area contributed by atoms with E-state index < -0.39 is 11.9 Å². The Morgan fingerprint density at radius 3 is 1.46 bits per heavy atom.